The van der Waals surface area contributed by atoms with Crippen molar-refractivity contribution in [2.45, 2.75) is 39.2 Å². The van der Waals surface area contributed by atoms with E-state index in [4.69, 9.17) is 0 Å². The topological polar surface area (TPSA) is 65.5 Å². The number of hydrogen-bond acceptors (Lipinski definition) is 4. The molecular weight excluding hydrogens is 262 g/mol. The highest BCUT2D eigenvalue weighted by Gasteiger charge is 2.27. The zero-order valence-electron chi connectivity index (χ0n) is 11.5. The summed E-state index contributed by atoms with van der Waals surface area (Å²) in [6, 6.07) is -0.0668. The van der Waals surface area contributed by atoms with Gasteiger partial charge in [0.1, 0.15) is 0 Å². The molecule has 0 aliphatic carbocycles. The van der Waals surface area contributed by atoms with E-state index in [2.05, 4.69) is 10.3 Å². The zero-order valence-corrected chi connectivity index (χ0v) is 12.3. The maximum Gasteiger partial charge on any atom is 0.317 e. The first-order valence-corrected chi connectivity index (χ1v) is 7.51. The molecule has 5 nitrogen and oxygen atoms in total. The number of aryl methyl sites for hydroxylation is 2. The lowest BCUT2D eigenvalue weighted by Crippen LogP contribution is -2.44. The Morgan fingerprint density at radius 3 is 3.00 bits per heavy atom. The maximum absolute atomic E-state index is 12.0. The predicted molar refractivity (Wildman–Crippen MR) is 75.5 cm³/mol. The number of nitrogens with zero attached hydrogens (tertiary/aromatic N) is 2. The van der Waals surface area contributed by atoms with Crippen LogP contribution in [-0.4, -0.2) is 46.8 Å². The van der Waals surface area contributed by atoms with Crippen molar-refractivity contribution in [3.05, 3.63) is 15.6 Å². The van der Waals surface area contributed by atoms with Crippen LogP contribution in [0.15, 0.2) is 0 Å². The lowest BCUT2D eigenvalue weighted by atomic mass is 10.2. The average molecular weight is 283 g/mol. The standard InChI is InChI=1S/C13H21N3O2S/c1-9-12(19-10(2)15-9)5-6-14-13(18)16-7-3-4-11(16)8-17/h11,17H,3-8H2,1-2H3,(H,14,18). The summed E-state index contributed by atoms with van der Waals surface area (Å²) in [5.74, 6) is 0. The summed E-state index contributed by atoms with van der Waals surface area (Å²) in [7, 11) is 0. The number of aromatic nitrogens is 1. The van der Waals surface area contributed by atoms with Crippen molar-refractivity contribution in [2.24, 2.45) is 0 Å². The Bertz CT molecular complexity index is 447. The van der Waals surface area contributed by atoms with Gasteiger partial charge >= 0.3 is 6.03 Å². The molecule has 0 radical (unpaired) electrons. The Hall–Kier alpha value is -1.14. The molecule has 1 atom stereocenters. The molecule has 2 rings (SSSR count). The fourth-order valence-corrected chi connectivity index (χ4v) is 3.42. The molecule has 2 amide bonds. The van der Waals surface area contributed by atoms with Gasteiger partial charge in [-0.25, -0.2) is 9.78 Å². The second-order valence-corrected chi connectivity index (χ2v) is 6.18. The van der Waals surface area contributed by atoms with Crippen molar-refractivity contribution in [3.63, 3.8) is 0 Å². The number of thiazole rings is 1. The predicted octanol–water partition coefficient (Wildman–Crippen LogP) is 1.47. The molecule has 1 saturated heterocycles. The second kappa shape index (κ2) is 6.34. The van der Waals surface area contributed by atoms with Gasteiger partial charge in [0.2, 0.25) is 0 Å². The van der Waals surface area contributed by atoms with Gasteiger partial charge < -0.3 is 15.3 Å². The van der Waals surface area contributed by atoms with E-state index >= 15 is 0 Å². The summed E-state index contributed by atoms with van der Waals surface area (Å²) < 4.78 is 0. The van der Waals surface area contributed by atoms with Gasteiger partial charge in [-0.3, -0.25) is 0 Å². The number of aliphatic hydroxyl groups is 1. The number of amides is 2. The highest BCUT2D eigenvalue weighted by molar-refractivity contribution is 7.11. The third-order valence-corrected chi connectivity index (χ3v) is 4.61. The Balaban J connectivity index is 1.79. The molecule has 2 N–H and O–H groups in total. The normalized spacial score (nSPS) is 18.9. The first-order chi connectivity index (χ1) is 9.11. The van der Waals surface area contributed by atoms with Crippen LogP contribution in [0.1, 0.15) is 28.4 Å². The smallest absolute Gasteiger partial charge is 0.317 e. The minimum Gasteiger partial charge on any atom is -0.394 e. The molecule has 0 bridgehead atoms. The van der Waals surface area contributed by atoms with Crippen LogP contribution < -0.4 is 5.32 Å². The monoisotopic (exact) mass is 283 g/mol. The summed E-state index contributed by atoms with van der Waals surface area (Å²) in [4.78, 5) is 19.3. The Morgan fingerprint density at radius 1 is 1.58 bits per heavy atom. The highest BCUT2D eigenvalue weighted by atomic mass is 32.1. The molecule has 0 spiro atoms. The van der Waals surface area contributed by atoms with Crippen LogP contribution in [0.5, 0.6) is 0 Å². The number of hydrogen-bond donors (Lipinski definition) is 2. The summed E-state index contributed by atoms with van der Waals surface area (Å²) in [5, 5.41) is 13.2. The van der Waals surface area contributed by atoms with Gasteiger partial charge in [0.25, 0.3) is 0 Å². The lowest BCUT2D eigenvalue weighted by molar-refractivity contribution is 0.157. The van der Waals surface area contributed by atoms with Crippen LogP contribution in [-0.2, 0) is 6.42 Å². The van der Waals surface area contributed by atoms with Gasteiger partial charge in [-0.2, -0.15) is 0 Å². The summed E-state index contributed by atoms with van der Waals surface area (Å²) in [6.45, 7) is 5.42. The molecule has 2 heterocycles. The number of rotatable bonds is 4. The third kappa shape index (κ3) is 3.45. The Morgan fingerprint density at radius 2 is 2.37 bits per heavy atom. The Kier molecular flexibility index (Phi) is 4.76. The number of urea groups is 1. The molecule has 106 valence electrons. The van der Waals surface area contributed by atoms with Crippen molar-refractivity contribution in [1.29, 1.82) is 0 Å². The molecule has 1 aromatic rings. The molecule has 1 unspecified atom stereocenters. The largest absolute Gasteiger partial charge is 0.394 e. The van der Waals surface area contributed by atoms with Crippen molar-refractivity contribution in [3.8, 4) is 0 Å². The van der Waals surface area contributed by atoms with Gasteiger partial charge in [0.05, 0.1) is 23.4 Å². The zero-order chi connectivity index (χ0) is 13.8. The first kappa shape index (κ1) is 14.3. The van der Waals surface area contributed by atoms with Crippen LogP contribution in [0.4, 0.5) is 4.79 Å². The van der Waals surface area contributed by atoms with E-state index in [9.17, 15) is 9.90 Å². The molecule has 1 aliphatic heterocycles. The summed E-state index contributed by atoms with van der Waals surface area (Å²) >= 11 is 1.69. The number of carbonyl (C=O) groups is 1. The van der Waals surface area contributed by atoms with E-state index in [1.807, 2.05) is 13.8 Å². The second-order valence-electron chi connectivity index (χ2n) is 4.90. The molecule has 1 aromatic heterocycles. The van der Waals surface area contributed by atoms with E-state index < -0.39 is 0 Å². The van der Waals surface area contributed by atoms with E-state index in [0.29, 0.717) is 6.54 Å². The quantitative estimate of drug-likeness (QED) is 0.879. The van der Waals surface area contributed by atoms with Crippen LogP contribution in [0.3, 0.4) is 0 Å². The van der Waals surface area contributed by atoms with Gasteiger partial charge in [-0.15, -0.1) is 11.3 Å². The average Bonchev–Trinajstić information content (AvgIpc) is 2.96. The van der Waals surface area contributed by atoms with Crippen LogP contribution >= 0.6 is 11.3 Å². The van der Waals surface area contributed by atoms with E-state index in [1.165, 1.54) is 4.88 Å². The molecule has 1 aliphatic rings. The van der Waals surface area contributed by atoms with Crippen molar-refractivity contribution in [1.82, 2.24) is 15.2 Å². The number of carbonyl (C=O) groups excluding carboxylic acids is 1. The summed E-state index contributed by atoms with van der Waals surface area (Å²) in [6.07, 6.45) is 2.70. The van der Waals surface area contributed by atoms with Crippen LogP contribution in [0, 0.1) is 13.8 Å². The first-order valence-electron chi connectivity index (χ1n) is 6.70. The van der Waals surface area contributed by atoms with Gasteiger partial charge in [-0.05, 0) is 26.7 Å². The SMILES string of the molecule is Cc1nc(C)c(CCNC(=O)N2CCCC2CO)s1. The van der Waals surface area contributed by atoms with E-state index in [-0.39, 0.29) is 18.7 Å². The minimum atomic E-state index is -0.0598. The van der Waals surface area contributed by atoms with Gasteiger partial charge in [0.15, 0.2) is 0 Å². The van der Waals surface area contributed by atoms with Gasteiger partial charge in [-0.1, -0.05) is 0 Å². The third-order valence-electron chi connectivity index (χ3n) is 3.48. The molecular formula is C13H21N3O2S. The highest BCUT2D eigenvalue weighted by Crippen LogP contribution is 2.18. The fraction of sp³-hybridized carbons (Fsp3) is 0.692. The molecule has 6 heteroatoms. The lowest BCUT2D eigenvalue weighted by Gasteiger charge is -2.23. The molecule has 0 saturated carbocycles. The van der Waals surface area contributed by atoms with Crippen molar-refractivity contribution >= 4 is 17.4 Å². The number of likely N-dealkylation sites (tertiary alicyclic amines) is 1. The van der Waals surface area contributed by atoms with Crippen LogP contribution in [0.2, 0.25) is 0 Å². The van der Waals surface area contributed by atoms with Gasteiger partial charge in [0, 0.05) is 24.4 Å². The van der Waals surface area contributed by atoms with E-state index in [0.717, 1.165) is 36.5 Å². The number of nitrogens with one attached hydrogen (secondary N) is 1. The molecule has 0 aromatic carbocycles. The maximum atomic E-state index is 12.0. The van der Waals surface area contributed by atoms with Crippen molar-refractivity contribution < 1.29 is 9.90 Å². The fourth-order valence-electron chi connectivity index (χ4n) is 2.48. The number of aliphatic hydroxyl groups excluding tert-OH is 1. The van der Waals surface area contributed by atoms with Crippen LogP contribution in [0.25, 0.3) is 0 Å². The summed E-state index contributed by atoms with van der Waals surface area (Å²) in [5.41, 5.74) is 1.06. The molecule has 19 heavy (non-hydrogen) atoms. The van der Waals surface area contributed by atoms with E-state index in [1.54, 1.807) is 16.2 Å². The van der Waals surface area contributed by atoms with Crippen molar-refractivity contribution in [2.75, 3.05) is 19.7 Å². The molecule has 1 fully saturated rings. The minimum absolute atomic E-state index is 0.00705. The Labute approximate surface area is 117 Å².